The van der Waals surface area contributed by atoms with Crippen molar-refractivity contribution in [2.24, 2.45) is 11.1 Å². The first-order chi connectivity index (χ1) is 7.29. The summed E-state index contributed by atoms with van der Waals surface area (Å²) in [6.07, 6.45) is 0.637. The molecule has 0 bridgehead atoms. The topological polar surface area (TPSA) is 69.2 Å². The summed E-state index contributed by atoms with van der Waals surface area (Å²) in [4.78, 5) is 9.88. The molecule has 2 rings (SSSR count). The summed E-state index contributed by atoms with van der Waals surface area (Å²) < 4.78 is 13.9. The van der Waals surface area contributed by atoms with Gasteiger partial charge in [-0.15, -0.1) is 0 Å². The lowest BCUT2D eigenvalue weighted by Crippen LogP contribution is -2.27. The van der Waals surface area contributed by atoms with E-state index < -0.39 is 22.0 Å². The number of nitro groups is 1. The second kappa shape index (κ2) is 3.01. The van der Waals surface area contributed by atoms with E-state index in [1.165, 1.54) is 12.1 Å². The van der Waals surface area contributed by atoms with Crippen molar-refractivity contribution < 1.29 is 9.31 Å². The molecule has 0 aliphatic heterocycles. The average molecular weight is 224 g/mol. The third-order valence-electron chi connectivity index (χ3n) is 3.46. The minimum absolute atomic E-state index is 0.205. The van der Waals surface area contributed by atoms with Crippen LogP contribution in [0.3, 0.4) is 0 Å². The van der Waals surface area contributed by atoms with E-state index in [-0.39, 0.29) is 11.0 Å². The summed E-state index contributed by atoms with van der Waals surface area (Å²) in [5.41, 5.74) is 4.81. The summed E-state index contributed by atoms with van der Waals surface area (Å²) in [7, 11) is 0. The first kappa shape index (κ1) is 11.0. The van der Waals surface area contributed by atoms with Gasteiger partial charge in [0, 0.05) is 17.2 Å². The van der Waals surface area contributed by atoms with E-state index in [1.54, 1.807) is 0 Å². The summed E-state index contributed by atoms with van der Waals surface area (Å²) in [5.74, 6) is -0.805. The SMILES string of the molecule is CC1(C)CC1(N)c1cccc([N+](=O)[O-])c1F. The van der Waals surface area contributed by atoms with Crippen molar-refractivity contribution in [1.82, 2.24) is 0 Å². The summed E-state index contributed by atoms with van der Waals surface area (Å²) in [6, 6.07) is 4.15. The summed E-state index contributed by atoms with van der Waals surface area (Å²) in [5, 5.41) is 10.6. The second-order valence-electron chi connectivity index (χ2n) is 4.93. The van der Waals surface area contributed by atoms with Crippen LogP contribution in [0.5, 0.6) is 0 Å². The maximum absolute atomic E-state index is 13.9. The Labute approximate surface area is 92.4 Å². The first-order valence-electron chi connectivity index (χ1n) is 5.02. The molecule has 5 heteroatoms. The molecule has 86 valence electrons. The Morgan fingerprint density at radius 1 is 1.50 bits per heavy atom. The normalized spacial score (nSPS) is 26.5. The van der Waals surface area contributed by atoms with Gasteiger partial charge < -0.3 is 5.73 Å². The Morgan fingerprint density at radius 2 is 2.06 bits per heavy atom. The van der Waals surface area contributed by atoms with Crippen molar-refractivity contribution in [1.29, 1.82) is 0 Å². The monoisotopic (exact) mass is 224 g/mol. The van der Waals surface area contributed by atoms with E-state index in [9.17, 15) is 14.5 Å². The van der Waals surface area contributed by atoms with Gasteiger partial charge in [0.15, 0.2) is 0 Å². The van der Waals surface area contributed by atoms with Gasteiger partial charge in [-0.3, -0.25) is 10.1 Å². The van der Waals surface area contributed by atoms with Crippen LogP contribution in [-0.4, -0.2) is 4.92 Å². The van der Waals surface area contributed by atoms with Gasteiger partial charge in [-0.25, -0.2) is 0 Å². The second-order valence-corrected chi connectivity index (χ2v) is 4.93. The third kappa shape index (κ3) is 1.31. The van der Waals surface area contributed by atoms with Gasteiger partial charge in [0.25, 0.3) is 0 Å². The lowest BCUT2D eigenvalue weighted by Gasteiger charge is -2.15. The minimum atomic E-state index is -0.805. The first-order valence-corrected chi connectivity index (χ1v) is 5.02. The van der Waals surface area contributed by atoms with Gasteiger partial charge in [0.2, 0.25) is 5.82 Å². The molecule has 0 aromatic heterocycles. The van der Waals surface area contributed by atoms with E-state index in [2.05, 4.69) is 0 Å². The Kier molecular flexibility index (Phi) is 2.07. The highest BCUT2D eigenvalue weighted by Crippen LogP contribution is 2.61. The molecule has 2 N–H and O–H groups in total. The lowest BCUT2D eigenvalue weighted by atomic mass is 9.96. The van der Waals surface area contributed by atoms with E-state index in [0.29, 0.717) is 6.42 Å². The van der Waals surface area contributed by atoms with Gasteiger partial charge >= 0.3 is 5.69 Å². The molecule has 0 spiro atoms. The molecule has 1 saturated carbocycles. The van der Waals surface area contributed by atoms with Crippen LogP contribution in [0.4, 0.5) is 10.1 Å². The zero-order chi connectivity index (χ0) is 12.1. The van der Waals surface area contributed by atoms with Crippen molar-refractivity contribution in [2.75, 3.05) is 0 Å². The number of nitrogens with two attached hydrogens (primary N) is 1. The Bertz CT molecular complexity index is 473. The Hall–Kier alpha value is -1.49. The number of hydrogen-bond donors (Lipinski definition) is 1. The molecule has 0 heterocycles. The molecule has 1 unspecified atom stereocenters. The highest BCUT2D eigenvalue weighted by Gasteiger charge is 2.61. The van der Waals surface area contributed by atoms with Crippen LogP contribution in [0, 0.1) is 21.3 Å². The Balaban J connectivity index is 2.53. The zero-order valence-corrected chi connectivity index (χ0v) is 9.16. The molecule has 4 nitrogen and oxygen atoms in total. The number of nitro benzene ring substituents is 1. The fourth-order valence-corrected chi connectivity index (χ4v) is 2.12. The van der Waals surface area contributed by atoms with E-state index >= 15 is 0 Å². The molecule has 1 atom stereocenters. The molecule has 0 amide bonds. The highest BCUT2D eigenvalue weighted by atomic mass is 19.1. The van der Waals surface area contributed by atoms with Crippen molar-refractivity contribution in [3.05, 3.63) is 39.7 Å². The quantitative estimate of drug-likeness (QED) is 0.619. The number of hydrogen-bond acceptors (Lipinski definition) is 3. The largest absolute Gasteiger partial charge is 0.321 e. The van der Waals surface area contributed by atoms with Crippen LogP contribution in [-0.2, 0) is 5.54 Å². The summed E-state index contributed by atoms with van der Waals surface area (Å²) in [6.45, 7) is 3.84. The third-order valence-corrected chi connectivity index (χ3v) is 3.46. The molecule has 16 heavy (non-hydrogen) atoms. The highest BCUT2D eigenvalue weighted by molar-refractivity contribution is 5.44. The average Bonchev–Trinajstić information content (AvgIpc) is 2.66. The van der Waals surface area contributed by atoms with Crippen LogP contribution >= 0.6 is 0 Å². The minimum Gasteiger partial charge on any atom is -0.321 e. The molecular formula is C11H13FN2O2. The fourth-order valence-electron chi connectivity index (χ4n) is 2.12. The molecule has 0 saturated heterocycles. The smallest absolute Gasteiger partial charge is 0.305 e. The molecule has 1 aliphatic rings. The maximum atomic E-state index is 13.9. The van der Waals surface area contributed by atoms with Crippen molar-refractivity contribution in [2.45, 2.75) is 25.8 Å². The maximum Gasteiger partial charge on any atom is 0.305 e. The van der Waals surface area contributed by atoms with Gasteiger partial charge in [0.05, 0.1) is 4.92 Å². The number of rotatable bonds is 2. The van der Waals surface area contributed by atoms with E-state index in [4.69, 9.17) is 5.73 Å². The van der Waals surface area contributed by atoms with E-state index in [1.807, 2.05) is 13.8 Å². The Morgan fingerprint density at radius 3 is 2.50 bits per heavy atom. The van der Waals surface area contributed by atoms with Crippen LogP contribution < -0.4 is 5.73 Å². The van der Waals surface area contributed by atoms with Gasteiger partial charge in [-0.2, -0.15) is 4.39 Å². The standard InChI is InChI=1S/C11H13FN2O2/c1-10(2)6-11(10,13)7-4-3-5-8(9(7)12)14(15)16/h3-5H,6,13H2,1-2H3. The number of nitrogens with zero attached hydrogens (tertiary/aromatic N) is 1. The van der Waals surface area contributed by atoms with Crippen LogP contribution in [0.15, 0.2) is 18.2 Å². The molecule has 0 radical (unpaired) electrons. The predicted octanol–water partition coefficient (Wildman–Crippen LogP) is 2.32. The molecular weight excluding hydrogens is 211 g/mol. The van der Waals surface area contributed by atoms with E-state index in [0.717, 1.165) is 6.07 Å². The molecule has 1 aliphatic carbocycles. The van der Waals surface area contributed by atoms with Crippen LogP contribution in [0.2, 0.25) is 0 Å². The van der Waals surface area contributed by atoms with Gasteiger partial charge in [-0.05, 0) is 11.8 Å². The fraction of sp³-hybridized carbons (Fsp3) is 0.455. The van der Waals surface area contributed by atoms with Crippen molar-refractivity contribution in [3.8, 4) is 0 Å². The van der Waals surface area contributed by atoms with Crippen LogP contribution in [0.1, 0.15) is 25.8 Å². The predicted molar refractivity (Wildman–Crippen MR) is 57.3 cm³/mol. The van der Waals surface area contributed by atoms with Gasteiger partial charge in [-0.1, -0.05) is 26.0 Å². The zero-order valence-electron chi connectivity index (χ0n) is 9.16. The number of halogens is 1. The molecule has 1 aromatic carbocycles. The number of benzene rings is 1. The summed E-state index contributed by atoms with van der Waals surface area (Å²) >= 11 is 0. The molecule has 1 fully saturated rings. The van der Waals surface area contributed by atoms with Crippen LogP contribution in [0.25, 0.3) is 0 Å². The van der Waals surface area contributed by atoms with Crippen molar-refractivity contribution in [3.63, 3.8) is 0 Å². The van der Waals surface area contributed by atoms with Gasteiger partial charge in [0.1, 0.15) is 0 Å². The lowest BCUT2D eigenvalue weighted by molar-refractivity contribution is -0.387. The molecule has 1 aromatic rings. The van der Waals surface area contributed by atoms with Crippen molar-refractivity contribution >= 4 is 5.69 Å².